The second kappa shape index (κ2) is 6.29. The highest BCUT2D eigenvalue weighted by molar-refractivity contribution is 9.10. The summed E-state index contributed by atoms with van der Waals surface area (Å²) in [5, 5.41) is 2.41. The molecule has 0 bridgehead atoms. The highest BCUT2D eigenvalue weighted by Crippen LogP contribution is 2.20. The molecule has 4 nitrogen and oxygen atoms in total. The lowest BCUT2D eigenvalue weighted by molar-refractivity contribution is 0.155. The molecule has 1 aromatic heterocycles. The number of benzene rings is 1. The van der Waals surface area contributed by atoms with Crippen LogP contribution in [0, 0.1) is 5.82 Å². The molecule has 0 fully saturated rings. The van der Waals surface area contributed by atoms with E-state index in [2.05, 4.69) is 26.2 Å². The van der Waals surface area contributed by atoms with Crippen LogP contribution in [-0.2, 0) is 11.3 Å². The molecule has 0 aliphatic carbocycles. The summed E-state index contributed by atoms with van der Waals surface area (Å²) in [6.07, 6.45) is 0.377. The van der Waals surface area contributed by atoms with E-state index in [1.807, 2.05) is 30.3 Å². The maximum Gasteiger partial charge on any atom is 0.412 e. The first-order valence-electron chi connectivity index (χ1n) is 5.44. The van der Waals surface area contributed by atoms with Crippen LogP contribution in [0.15, 0.2) is 47.2 Å². The van der Waals surface area contributed by atoms with Crippen molar-refractivity contribution in [1.29, 1.82) is 0 Å². The standard InChI is InChI=1S/C13H10BrFN2O2/c14-12-11(6-10(15)7-16-12)17-13(18)19-8-9-4-2-1-3-5-9/h1-7H,8H2,(H,17,18). The van der Waals surface area contributed by atoms with Gasteiger partial charge in [0.25, 0.3) is 0 Å². The minimum Gasteiger partial charge on any atom is -0.444 e. The zero-order valence-electron chi connectivity index (χ0n) is 9.77. The number of pyridine rings is 1. The Kier molecular flexibility index (Phi) is 4.46. The normalized spacial score (nSPS) is 10.0. The first-order chi connectivity index (χ1) is 9.15. The Morgan fingerprint density at radius 3 is 2.84 bits per heavy atom. The number of halogens is 2. The first kappa shape index (κ1) is 13.5. The van der Waals surface area contributed by atoms with Gasteiger partial charge in [-0.15, -0.1) is 0 Å². The lowest BCUT2D eigenvalue weighted by Crippen LogP contribution is -2.14. The zero-order chi connectivity index (χ0) is 13.7. The van der Waals surface area contributed by atoms with Crippen molar-refractivity contribution >= 4 is 27.7 Å². The number of ether oxygens (including phenoxy) is 1. The molecule has 0 aliphatic heterocycles. The van der Waals surface area contributed by atoms with Crippen LogP contribution < -0.4 is 5.32 Å². The fourth-order valence-corrected chi connectivity index (χ4v) is 1.70. The summed E-state index contributed by atoms with van der Waals surface area (Å²) in [4.78, 5) is 15.3. The van der Waals surface area contributed by atoms with Crippen molar-refractivity contribution in [3.8, 4) is 0 Å². The first-order valence-corrected chi connectivity index (χ1v) is 6.23. The Morgan fingerprint density at radius 1 is 1.37 bits per heavy atom. The highest BCUT2D eigenvalue weighted by atomic mass is 79.9. The van der Waals surface area contributed by atoms with Crippen molar-refractivity contribution in [1.82, 2.24) is 4.98 Å². The molecule has 0 unspecified atom stereocenters. The van der Waals surface area contributed by atoms with Crippen molar-refractivity contribution < 1.29 is 13.9 Å². The third-order valence-electron chi connectivity index (χ3n) is 2.26. The van der Waals surface area contributed by atoms with E-state index in [0.29, 0.717) is 4.60 Å². The summed E-state index contributed by atoms with van der Waals surface area (Å²) in [5.41, 5.74) is 1.09. The smallest absolute Gasteiger partial charge is 0.412 e. The average Bonchev–Trinajstić information content (AvgIpc) is 2.42. The van der Waals surface area contributed by atoms with Gasteiger partial charge in [0.15, 0.2) is 0 Å². The van der Waals surface area contributed by atoms with Gasteiger partial charge in [0.05, 0.1) is 11.9 Å². The van der Waals surface area contributed by atoms with Crippen LogP contribution in [0.5, 0.6) is 0 Å². The predicted molar refractivity (Wildman–Crippen MR) is 72.1 cm³/mol. The van der Waals surface area contributed by atoms with Gasteiger partial charge in [0.2, 0.25) is 0 Å². The number of aromatic nitrogens is 1. The minimum atomic E-state index is -0.669. The largest absolute Gasteiger partial charge is 0.444 e. The molecule has 6 heteroatoms. The molecule has 0 atom stereocenters. The van der Waals surface area contributed by atoms with Gasteiger partial charge in [0.1, 0.15) is 17.0 Å². The van der Waals surface area contributed by atoms with Gasteiger partial charge in [-0.2, -0.15) is 0 Å². The molecule has 2 aromatic rings. The van der Waals surface area contributed by atoms with Crippen LogP contribution in [0.4, 0.5) is 14.9 Å². The summed E-state index contributed by atoms with van der Waals surface area (Å²) < 4.78 is 18.3. The maximum atomic E-state index is 13.0. The van der Waals surface area contributed by atoms with E-state index in [9.17, 15) is 9.18 Å². The van der Waals surface area contributed by atoms with Gasteiger partial charge in [-0.1, -0.05) is 30.3 Å². The number of carbonyl (C=O) groups excluding carboxylic acids is 1. The quantitative estimate of drug-likeness (QED) is 0.875. The molecule has 1 heterocycles. The monoisotopic (exact) mass is 324 g/mol. The van der Waals surface area contributed by atoms with Gasteiger partial charge in [0, 0.05) is 6.07 Å². The second-order valence-electron chi connectivity index (χ2n) is 3.68. The molecule has 1 N–H and O–H groups in total. The van der Waals surface area contributed by atoms with Crippen LogP contribution in [0.25, 0.3) is 0 Å². The Labute approximate surface area is 117 Å². The van der Waals surface area contributed by atoms with Gasteiger partial charge >= 0.3 is 6.09 Å². The maximum absolute atomic E-state index is 13.0. The SMILES string of the molecule is O=C(Nc1cc(F)cnc1Br)OCc1ccccc1. The van der Waals surface area contributed by atoms with E-state index in [1.165, 1.54) is 0 Å². The summed E-state index contributed by atoms with van der Waals surface area (Å²) in [6, 6.07) is 10.4. The lowest BCUT2D eigenvalue weighted by Gasteiger charge is -2.08. The van der Waals surface area contributed by atoms with E-state index in [1.54, 1.807) is 0 Å². The van der Waals surface area contributed by atoms with Crippen LogP contribution in [0.1, 0.15) is 5.56 Å². The van der Waals surface area contributed by atoms with Crippen molar-refractivity contribution in [3.63, 3.8) is 0 Å². The summed E-state index contributed by atoms with van der Waals surface area (Å²) in [7, 11) is 0. The number of rotatable bonds is 3. The number of nitrogens with zero attached hydrogens (tertiary/aromatic N) is 1. The molecule has 0 saturated carbocycles. The van der Waals surface area contributed by atoms with Gasteiger partial charge in [-0.3, -0.25) is 5.32 Å². The minimum absolute atomic E-state index is 0.146. The third kappa shape index (κ3) is 4.03. The van der Waals surface area contributed by atoms with Crippen LogP contribution >= 0.6 is 15.9 Å². The molecule has 0 aliphatic rings. The molecule has 0 radical (unpaired) electrons. The number of hydrogen-bond acceptors (Lipinski definition) is 3. The fourth-order valence-electron chi connectivity index (χ4n) is 1.38. The molecular formula is C13H10BrFN2O2. The van der Waals surface area contributed by atoms with E-state index < -0.39 is 11.9 Å². The fraction of sp³-hybridized carbons (Fsp3) is 0.0769. The Bertz CT molecular complexity index is 578. The predicted octanol–water partition coefficient (Wildman–Crippen LogP) is 3.73. The van der Waals surface area contributed by atoms with Crippen LogP contribution in [0.3, 0.4) is 0 Å². The average molecular weight is 325 g/mol. The highest BCUT2D eigenvalue weighted by Gasteiger charge is 2.08. The zero-order valence-corrected chi connectivity index (χ0v) is 11.4. The molecule has 98 valence electrons. The molecule has 2 rings (SSSR count). The number of hydrogen-bond donors (Lipinski definition) is 1. The third-order valence-corrected chi connectivity index (χ3v) is 2.89. The Balaban J connectivity index is 1.93. The molecule has 0 spiro atoms. The number of amides is 1. The summed E-state index contributed by atoms with van der Waals surface area (Å²) in [5.74, 6) is -0.540. The van der Waals surface area contributed by atoms with Crippen molar-refractivity contribution in [2.24, 2.45) is 0 Å². The van der Waals surface area contributed by atoms with Gasteiger partial charge in [-0.25, -0.2) is 14.2 Å². The van der Waals surface area contributed by atoms with Crippen LogP contribution in [0.2, 0.25) is 0 Å². The van der Waals surface area contributed by atoms with E-state index >= 15 is 0 Å². The summed E-state index contributed by atoms with van der Waals surface area (Å²) >= 11 is 3.11. The van der Waals surface area contributed by atoms with E-state index in [-0.39, 0.29) is 12.3 Å². The number of anilines is 1. The van der Waals surface area contributed by atoms with Crippen LogP contribution in [-0.4, -0.2) is 11.1 Å². The molecule has 0 saturated heterocycles. The molecule has 1 amide bonds. The van der Waals surface area contributed by atoms with Crippen molar-refractivity contribution in [2.45, 2.75) is 6.61 Å². The molecule has 1 aromatic carbocycles. The topological polar surface area (TPSA) is 51.2 Å². The number of nitrogens with one attached hydrogen (secondary N) is 1. The van der Waals surface area contributed by atoms with Crippen molar-refractivity contribution in [2.75, 3.05) is 5.32 Å². The van der Waals surface area contributed by atoms with E-state index in [0.717, 1.165) is 17.8 Å². The van der Waals surface area contributed by atoms with Gasteiger partial charge in [-0.05, 0) is 21.5 Å². The lowest BCUT2D eigenvalue weighted by atomic mass is 10.2. The Morgan fingerprint density at radius 2 is 2.11 bits per heavy atom. The summed E-state index contributed by atoms with van der Waals surface area (Å²) in [6.45, 7) is 0.146. The molecular weight excluding hydrogens is 315 g/mol. The van der Waals surface area contributed by atoms with E-state index in [4.69, 9.17) is 4.74 Å². The number of carbonyl (C=O) groups is 1. The van der Waals surface area contributed by atoms with Gasteiger partial charge < -0.3 is 4.74 Å². The second-order valence-corrected chi connectivity index (χ2v) is 4.43. The Hall–Kier alpha value is -1.95. The van der Waals surface area contributed by atoms with Crippen molar-refractivity contribution in [3.05, 3.63) is 58.6 Å². The molecule has 19 heavy (non-hydrogen) atoms.